The highest BCUT2D eigenvalue weighted by atomic mass is 79.9. The minimum Gasteiger partial charge on any atom is -0.394 e. The number of nitrogens with one attached hydrogen (secondary N) is 1. The number of hydrogen-bond donors (Lipinski definition) is 2. The Morgan fingerprint density at radius 2 is 2.31 bits per heavy atom. The number of anilines is 1. The van der Waals surface area contributed by atoms with Crippen molar-refractivity contribution in [2.75, 3.05) is 11.9 Å². The van der Waals surface area contributed by atoms with E-state index in [1.165, 1.54) is 6.07 Å². The molecule has 0 fully saturated rings. The Hall–Kier alpha value is -1.21. The predicted molar refractivity (Wildman–Crippen MR) is 60.9 cm³/mol. The molecule has 16 heavy (non-hydrogen) atoms. The number of aliphatic hydroxyl groups is 1. The third-order valence-corrected chi connectivity index (χ3v) is 2.34. The number of rotatable bonds is 4. The van der Waals surface area contributed by atoms with Gasteiger partial charge in [0.2, 0.25) is 5.82 Å². The van der Waals surface area contributed by atoms with Crippen LogP contribution in [-0.4, -0.2) is 22.7 Å². The first-order valence-electron chi connectivity index (χ1n) is 4.46. The van der Waals surface area contributed by atoms with Gasteiger partial charge in [-0.05, 0) is 19.1 Å². The topological polar surface area (TPSA) is 75.4 Å². The fraction of sp³-hybridized carbons (Fsp3) is 0.333. The van der Waals surface area contributed by atoms with Gasteiger partial charge in [-0.2, -0.15) is 4.39 Å². The zero-order valence-electron chi connectivity index (χ0n) is 8.41. The van der Waals surface area contributed by atoms with Gasteiger partial charge in [-0.1, -0.05) is 15.9 Å². The van der Waals surface area contributed by atoms with E-state index in [1.54, 1.807) is 6.92 Å². The van der Waals surface area contributed by atoms with Gasteiger partial charge >= 0.3 is 5.69 Å². The van der Waals surface area contributed by atoms with Gasteiger partial charge in [-0.3, -0.25) is 10.1 Å². The quantitative estimate of drug-likeness (QED) is 0.659. The molecule has 7 heteroatoms. The second kappa shape index (κ2) is 5.22. The molecule has 0 spiro atoms. The summed E-state index contributed by atoms with van der Waals surface area (Å²) in [7, 11) is 0. The average Bonchev–Trinajstić information content (AvgIpc) is 2.15. The summed E-state index contributed by atoms with van der Waals surface area (Å²) in [4.78, 5) is 9.87. The largest absolute Gasteiger partial charge is 0.394 e. The number of halogens is 2. The first-order valence-corrected chi connectivity index (χ1v) is 5.25. The molecule has 1 aromatic rings. The lowest BCUT2D eigenvalue weighted by atomic mass is 10.2. The van der Waals surface area contributed by atoms with E-state index in [0.29, 0.717) is 4.47 Å². The smallest absolute Gasteiger partial charge is 0.327 e. The minimum atomic E-state index is -0.924. The summed E-state index contributed by atoms with van der Waals surface area (Å²) in [6.07, 6.45) is 0. The van der Waals surface area contributed by atoms with E-state index < -0.39 is 22.5 Å². The van der Waals surface area contributed by atoms with Gasteiger partial charge in [-0.15, -0.1) is 0 Å². The van der Waals surface area contributed by atoms with Crippen LogP contribution >= 0.6 is 15.9 Å². The molecule has 5 nitrogen and oxygen atoms in total. The van der Waals surface area contributed by atoms with Crippen LogP contribution in [0, 0.1) is 15.9 Å². The van der Waals surface area contributed by atoms with E-state index in [0.717, 1.165) is 6.07 Å². The maximum atomic E-state index is 13.3. The van der Waals surface area contributed by atoms with Crippen LogP contribution in [0.1, 0.15) is 6.92 Å². The van der Waals surface area contributed by atoms with Gasteiger partial charge in [0.25, 0.3) is 0 Å². The Balaban J connectivity index is 3.19. The molecule has 1 rings (SSSR count). The molecule has 0 aromatic heterocycles. The normalized spacial score (nSPS) is 12.2. The van der Waals surface area contributed by atoms with Crippen molar-refractivity contribution < 1.29 is 14.4 Å². The number of nitrogens with zero attached hydrogens (tertiary/aromatic N) is 1. The Labute approximate surface area is 99.6 Å². The molecule has 0 aliphatic carbocycles. The molecule has 2 N–H and O–H groups in total. The molecule has 1 unspecified atom stereocenters. The number of nitro benzene ring substituents is 1. The molecule has 0 bridgehead atoms. The second-order valence-electron chi connectivity index (χ2n) is 3.27. The molecular formula is C9H10BrFN2O3. The number of aliphatic hydroxyl groups excluding tert-OH is 1. The molecule has 0 radical (unpaired) electrons. The molecule has 0 heterocycles. The van der Waals surface area contributed by atoms with Gasteiger partial charge in [-0.25, -0.2) is 0 Å². The van der Waals surface area contributed by atoms with Crippen molar-refractivity contribution in [2.24, 2.45) is 0 Å². The molecule has 0 amide bonds. The van der Waals surface area contributed by atoms with E-state index in [-0.39, 0.29) is 12.3 Å². The van der Waals surface area contributed by atoms with E-state index >= 15 is 0 Å². The van der Waals surface area contributed by atoms with Crippen molar-refractivity contribution in [1.82, 2.24) is 0 Å². The second-order valence-corrected chi connectivity index (χ2v) is 4.18. The van der Waals surface area contributed by atoms with Crippen LogP contribution in [0.5, 0.6) is 0 Å². The van der Waals surface area contributed by atoms with Crippen molar-refractivity contribution in [3.63, 3.8) is 0 Å². The number of nitro groups is 1. The molecule has 0 saturated heterocycles. The SMILES string of the molecule is CC(CO)Nc1cc(Br)cc(F)c1[N+](=O)[O-]. The summed E-state index contributed by atoms with van der Waals surface area (Å²) in [5.74, 6) is -0.924. The highest BCUT2D eigenvalue weighted by Gasteiger charge is 2.22. The fourth-order valence-corrected chi connectivity index (χ4v) is 1.60. The zero-order valence-corrected chi connectivity index (χ0v) is 9.99. The summed E-state index contributed by atoms with van der Waals surface area (Å²) < 4.78 is 13.7. The lowest BCUT2D eigenvalue weighted by molar-refractivity contribution is -0.386. The van der Waals surface area contributed by atoms with Crippen molar-refractivity contribution in [3.8, 4) is 0 Å². The number of benzene rings is 1. The van der Waals surface area contributed by atoms with E-state index in [2.05, 4.69) is 21.2 Å². The summed E-state index contributed by atoms with van der Waals surface area (Å²) >= 11 is 3.04. The third-order valence-electron chi connectivity index (χ3n) is 1.89. The molecule has 1 aromatic carbocycles. The first-order chi connectivity index (χ1) is 7.45. The number of hydrogen-bond acceptors (Lipinski definition) is 4. The van der Waals surface area contributed by atoms with Crippen LogP contribution in [0.2, 0.25) is 0 Å². The zero-order chi connectivity index (χ0) is 12.3. The Kier molecular flexibility index (Phi) is 4.19. The lowest BCUT2D eigenvalue weighted by Gasteiger charge is -2.12. The van der Waals surface area contributed by atoms with Gasteiger partial charge < -0.3 is 10.4 Å². The predicted octanol–water partition coefficient (Wildman–Crippen LogP) is 2.29. The minimum absolute atomic E-state index is 0.0402. The lowest BCUT2D eigenvalue weighted by Crippen LogP contribution is -2.20. The van der Waals surface area contributed by atoms with Crippen molar-refractivity contribution in [3.05, 3.63) is 32.5 Å². The van der Waals surface area contributed by atoms with Crippen molar-refractivity contribution in [1.29, 1.82) is 0 Å². The summed E-state index contributed by atoms with van der Waals surface area (Å²) in [6.45, 7) is 1.42. The highest BCUT2D eigenvalue weighted by molar-refractivity contribution is 9.10. The van der Waals surface area contributed by atoms with Crippen LogP contribution in [-0.2, 0) is 0 Å². The third kappa shape index (κ3) is 2.89. The van der Waals surface area contributed by atoms with Crippen molar-refractivity contribution >= 4 is 27.3 Å². The van der Waals surface area contributed by atoms with E-state index in [4.69, 9.17) is 5.11 Å². The monoisotopic (exact) mass is 292 g/mol. The van der Waals surface area contributed by atoms with Gasteiger partial charge in [0, 0.05) is 10.5 Å². The fourth-order valence-electron chi connectivity index (χ4n) is 1.17. The molecule has 88 valence electrons. The first kappa shape index (κ1) is 12.9. The standard InChI is InChI=1S/C9H10BrFN2O3/c1-5(4-14)12-8-3-6(10)2-7(11)9(8)13(15)16/h2-3,5,12,14H,4H2,1H3. The average molecular weight is 293 g/mol. The Morgan fingerprint density at radius 1 is 1.69 bits per heavy atom. The molecule has 0 saturated carbocycles. The van der Waals surface area contributed by atoms with E-state index in [9.17, 15) is 14.5 Å². The molecular weight excluding hydrogens is 283 g/mol. The van der Waals surface area contributed by atoms with Gasteiger partial charge in [0.1, 0.15) is 5.69 Å². The highest BCUT2D eigenvalue weighted by Crippen LogP contribution is 2.31. The Bertz CT molecular complexity index is 414. The van der Waals surface area contributed by atoms with Crippen LogP contribution in [0.3, 0.4) is 0 Å². The maximum Gasteiger partial charge on any atom is 0.327 e. The van der Waals surface area contributed by atoms with Crippen molar-refractivity contribution in [2.45, 2.75) is 13.0 Å². The summed E-state index contributed by atoms with van der Waals surface area (Å²) in [5, 5.41) is 22.2. The maximum absolute atomic E-state index is 13.3. The van der Waals surface area contributed by atoms with Gasteiger partial charge in [0.05, 0.1) is 11.5 Å². The molecule has 1 atom stereocenters. The Morgan fingerprint density at radius 3 is 2.81 bits per heavy atom. The molecule has 0 aliphatic heterocycles. The van der Waals surface area contributed by atoms with Crippen LogP contribution in [0.4, 0.5) is 15.8 Å². The van der Waals surface area contributed by atoms with E-state index in [1.807, 2.05) is 0 Å². The van der Waals surface area contributed by atoms with Gasteiger partial charge in [0.15, 0.2) is 0 Å². The molecule has 0 aliphatic rings. The summed E-state index contributed by atoms with van der Waals surface area (Å²) in [5.41, 5.74) is -0.582. The van der Waals surface area contributed by atoms with Crippen LogP contribution in [0.15, 0.2) is 16.6 Å². The van der Waals surface area contributed by atoms with Crippen LogP contribution in [0.25, 0.3) is 0 Å². The summed E-state index contributed by atoms with van der Waals surface area (Å²) in [6, 6.07) is 2.02. The van der Waals surface area contributed by atoms with Crippen LogP contribution < -0.4 is 5.32 Å².